The minimum Gasteiger partial charge on any atom is -0.352 e. The van der Waals surface area contributed by atoms with Gasteiger partial charge in [-0.15, -0.1) is 0 Å². The van der Waals surface area contributed by atoms with Gasteiger partial charge in [-0.3, -0.25) is 4.79 Å². The molecule has 3 nitrogen and oxygen atoms in total. The predicted molar refractivity (Wildman–Crippen MR) is 82.9 cm³/mol. The zero-order chi connectivity index (χ0) is 14.4. The maximum Gasteiger partial charge on any atom is 0.251 e. The molecule has 0 radical (unpaired) electrons. The lowest BCUT2D eigenvalue weighted by atomic mass is 10.0. The third-order valence-corrected chi connectivity index (χ3v) is 4.26. The molecule has 1 fully saturated rings. The fraction of sp³-hybridized carbons (Fsp3) is 0.588. The fourth-order valence-electron chi connectivity index (χ4n) is 3.06. The molecule has 0 aromatic heterocycles. The number of rotatable bonds is 6. The van der Waals surface area contributed by atoms with Crippen molar-refractivity contribution in [1.82, 2.24) is 10.6 Å². The highest BCUT2D eigenvalue weighted by atomic mass is 16.1. The van der Waals surface area contributed by atoms with E-state index in [-0.39, 0.29) is 5.91 Å². The van der Waals surface area contributed by atoms with Crippen LogP contribution in [0.5, 0.6) is 0 Å². The van der Waals surface area contributed by atoms with Crippen molar-refractivity contribution in [3.8, 4) is 0 Å². The Bertz CT molecular complexity index is 444. The maximum absolute atomic E-state index is 12.3. The summed E-state index contributed by atoms with van der Waals surface area (Å²) in [7, 11) is 1.93. The van der Waals surface area contributed by atoms with Crippen molar-refractivity contribution < 1.29 is 4.79 Å². The first-order valence-electron chi connectivity index (χ1n) is 7.71. The van der Waals surface area contributed by atoms with Crippen LogP contribution in [0.3, 0.4) is 0 Å². The van der Waals surface area contributed by atoms with Gasteiger partial charge in [-0.1, -0.05) is 31.5 Å². The third kappa shape index (κ3) is 4.07. The van der Waals surface area contributed by atoms with Crippen molar-refractivity contribution in [2.45, 2.75) is 32.6 Å². The molecule has 3 heteroatoms. The summed E-state index contributed by atoms with van der Waals surface area (Å²) >= 11 is 0. The van der Waals surface area contributed by atoms with Crippen LogP contribution in [0.4, 0.5) is 0 Å². The van der Waals surface area contributed by atoms with E-state index < -0.39 is 0 Å². The van der Waals surface area contributed by atoms with Crippen LogP contribution in [-0.4, -0.2) is 26.0 Å². The van der Waals surface area contributed by atoms with E-state index >= 15 is 0 Å². The molecule has 1 aliphatic rings. The van der Waals surface area contributed by atoms with Crippen LogP contribution in [0, 0.1) is 11.8 Å². The van der Waals surface area contributed by atoms with Crippen LogP contribution in [0.2, 0.25) is 0 Å². The number of carbonyl (C=O) groups excluding carboxylic acids is 1. The number of carbonyl (C=O) groups is 1. The normalized spacial score (nSPS) is 21.9. The largest absolute Gasteiger partial charge is 0.352 e. The van der Waals surface area contributed by atoms with Gasteiger partial charge in [0.25, 0.3) is 5.91 Å². The van der Waals surface area contributed by atoms with Crippen LogP contribution in [-0.2, 0) is 6.42 Å². The standard InChI is InChI=1S/C17H26N2O/c1-13-7-8-14(11-13)12-19-17(20)16-6-4-3-5-15(16)9-10-18-2/h3-6,13-14,18H,7-12H2,1-2H3,(H,19,20). The van der Waals surface area contributed by atoms with E-state index in [2.05, 4.69) is 17.6 Å². The van der Waals surface area contributed by atoms with Gasteiger partial charge in [0.15, 0.2) is 0 Å². The SMILES string of the molecule is CNCCc1ccccc1C(=O)NCC1CCC(C)C1. The quantitative estimate of drug-likeness (QED) is 0.837. The first kappa shape index (κ1) is 15.0. The van der Waals surface area contributed by atoms with Gasteiger partial charge < -0.3 is 10.6 Å². The number of hydrogen-bond acceptors (Lipinski definition) is 2. The first-order chi connectivity index (χ1) is 9.70. The molecular weight excluding hydrogens is 248 g/mol. The lowest BCUT2D eigenvalue weighted by Gasteiger charge is -2.13. The Morgan fingerprint density at radius 2 is 2.10 bits per heavy atom. The first-order valence-corrected chi connectivity index (χ1v) is 7.71. The van der Waals surface area contributed by atoms with Crippen LogP contribution < -0.4 is 10.6 Å². The average Bonchev–Trinajstić information content (AvgIpc) is 2.88. The lowest BCUT2D eigenvalue weighted by molar-refractivity contribution is 0.0946. The zero-order valence-electron chi connectivity index (χ0n) is 12.6. The Kier molecular flexibility index (Phi) is 5.60. The number of benzene rings is 1. The van der Waals surface area contributed by atoms with E-state index in [0.717, 1.165) is 36.6 Å². The lowest BCUT2D eigenvalue weighted by Crippen LogP contribution is -2.29. The molecule has 0 spiro atoms. The molecule has 1 aromatic carbocycles. The summed E-state index contributed by atoms with van der Waals surface area (Å²) in [5, 5.41) is 6.25. The Morgan fingerprint density at radius 3 is 2.80 bits per heavy atom. The third-order valence-electron chi connectivity index (χ3n) is 4.26. The molecule has 2 rings (SSSR count). The second-order valence-electron chi connectivity index (χ2n) is 6.00. The average molecular weight is 274 g/mol. The van der Waals surface area contributed by atoms with Gasteiger partial charge in [0.2, 0.25) is 0 Å². The molecule has 1 amide bonds. The smallest absolute Gasteiger partial charge is 0.251 e. The van der Waals surface area contributed by atoms with Crippen molar-refractivity contribution in [2.24, 2.45) is 11.8 Å². The Morgan fingerprint density at radius 1 is 1.30 bits per heavy atom. The van der Waals surface area contributed by atoms with Gasteiger partial charge in [-0.2, -0.15) is 0 Å². The summed E-state index contributed by atoms with van der Waals surface area (Å²) < 4.78 is 0. The van der Waals surface area contributed by atoms with E-state index in [1.54, 1.807) is 0 Å². The van der Waals surface area contributed by atoms with Gasteiger partial charge in [0, 0.05) is 12.1 Å². The van der Waals surface area contributed by atoms with Gasteiger partial charge in [0.05, 0.1) is 0 Å². The minimum atomic E-state index is 0.0799. The van der Waals surface area contributed by atoms with Gasteiger partial charge in [-0.25, -0.2) is 0 Å². The van der Waals surface area contributed by atoms with Gasteiger partial charge in [0.1, 0.15) is 0 Å². The van der Waals surface area contributed by atoms with Crippen LogP contribution in [0.25, 0.3) is 0 Å². The maximum atomic E-state index is 12.3. The molecule has 0 aliphatic heterocycles. The Hall–Kier alpha value is -1.35. The summed E-state index contributed by atoms with van der Waals surface area (Å²) in [6.45, 7) is 4.02. The molecule has 2 unspecified atom stereocenters. The molecule has 110 valence electrons. The Labute approximate surface area is 122 Å². The van der Waals surface area contributed by atoms with E-state index in [1.807, 2.05) is 31.3 Å². The topological polar surface area (TPSA) is 41.1 Å². The van der Waals surface area contributed by atoms with Crippen molar-refractivity contribution >= 4 is 5.91 Å². The summed E-state index contributed by atoms with van der Waals surface area (Å²) in [6.07, 6.45) is 4.70. The second kappa shape index (κ2) is 7.44. The summed E-state index contributed by atoms with van der Waals surface area (Å²) in [6, 6.07) is 7.91. The molecule has 0 saturated heterocycles. The van der Waals surface area contributed by atoms with Crippen molar-refractivity contribution in [3.63, 3.8) is 0 Å². The van der Waals surface area contributed by atoms with E-state index in [4.69, 9.17) is 0 Å². The van der Waals surface area contributed by atoms with Crippen molar-refractivity contribution in [1.29, 1.82) is 0 Å². The molecule has 0 bridgehead atoms. The highest BCUT2D eigenvalue weighted by Crippen LogP contribution is 2.29. The van der Waals surface area contributed by atoms with Crippen LogP contribution in [0.1, 0.15) is 42.1 Å². The van der Waals surface area contributed by atoms with E-state index in [0.29, 0.717) is 5.92 Å². The Balaban J connectivity index is 1.91. The molecule has 0 heterocycles. The van der Waals surface area contributed by atoms with E-state index in [9.17, 15) is 4.79 Å². The number of hydrogen-bond donors (Lipinski definition) is 2. The van der Waals surface area contributed by atoms with Crippen LogP contribution in [0.15, 0.2) is 24.3 Å². The summed E-state index contributed by atoms with van der Waals surface area (Å²) in [4.78, 5) is 12.3. The molecule has 20 heavy (non-hydrogen) atoms. The van der Waals surface area contributed by atoms with Crippen LogP contribution >= 0.6 is 0 Å². The monoisotopic (exact) mass is 274 g/mol. The van der Waals surface area contributed by atoms with E-state index in [1.165, 1.54) is 19.3 Å². The predicted octanol–water partition coefficient (Wildman–Crippen LogP) is 2.61. The number of amides is 1. The van der Waals surface area contributed by atoms with Gasteiger partial charge >= 0.3 is 0 Å². The molecule has 1 aromatic rings. The summed E-state index contributed by atoms with van der Waals surface area (Å²) in [5.41, 5.74) is 1.95. The highest BCUT2D eigenvalue weighted by Gasteiger charge is 2.22. The second-order valence-corrected chi connectivity index (χ2v) is 6.00. The molecule has 2 N–H and O–H groups in total. The number of nitrogens with one attached hydrogen (secondary N) is 2. The van der Waals surface area contributed by atoms with Gasteiger partial charge in [-0.05, 0) is 56.3 Å². The number of likely N-dealkylation sites (N-methyl/N-ethyl adjacent to an activating group) is 1. The molecule has 1 aliphatic carbocycles. The minimum absolute atomic E-state index is 0.0799. The molecular formula is C17H26N2O. The molecule has 1 saturated carbocycles. The highest BCUT2D eigenvalue weighted by molar-refractivity contribution is 5.95. The van der Waals surface area contributed by atoms with Crippen molar-refractivity contribution in [2.75, 3.05) is 20.1 Å². The van der Waals surface area contributed by atoms with Crippen molar-refractivity contribution in [3.05, 3.63) is 35.4 Å². The zero-order valence-corrected chi connectivity index (χ0v) is 12.6. The summed E-state index contributed by atoms with van der Waals surface area (Å²) in [5.74, 6) is 1.56. The fourth-order valence-corrected chi connectivity index (χ4v) is 3.06. The molecule has 2 atom stereocenters.